The maximum atomic E-state index is 12.5. The first kappa shape index (κ1) is 14.3. The summed E-state index contributed by atoms with van der Waals surface area (Å²) in [7, 11) is 0. The highest BCUT2D eigenvalue weighted by atomic mass is 35.6. The van der Waals surface area contributed by atoms with Crippen LogP contribution in [0.3, 0.4) is 0 Å². The Morgan fingerprint density at radius 1 is 1.00 bits per heavy atom. The zero-order valence-electron chi connectivity index (χ0n) is 9.76. The van der Waals surface area contributed by atoms with Crippen LogP contribution in [0.4, 0.5) is 0 Å². The van der Waals surface area contributed by atoms with Crippen LogP contribution < -0.4 is 0 Å². The zero-order valence-corrected chi connectivity index (χ0v) is 12.0. The van der Waals surface area contributed by atoms with Crippen LogP contribution in [0.1, 0.15) is 22.0 Å². The lowest BCUT2D eigenvalue weighted by molar-refractivity contribution is 0.0955. The Kier molecular flexibility index (Phi) is 4.46. The Morgan fingerprint density at radius 2 is 1.63 bits per heavy atom. The molecule has 2 nitrogen and oxygen atoms in total. The number of nitrogens with zero attached hydrogens (tertiary/aromatic N) is 1. The van der Waals surface area contributed by atoms with Gasteiger partial charge in [-0.25, -0.2) is 0 Å². The second-order valence-corrected chi connectivity index (χ2v) is 6.33. The number of carbonyl (C=O) groups is 1. The second kappa shape index (κ2) is 5.91. The number of ketones is 1. The van der Waals surface area contributed by atoms with Gasteiger partial charge in [-0.3, -0.25) is 9.78 Å². The molecule has 0 aliphatic carbocycles. The quantitative estimate of drug-likeness (QED) is 0.620. The smallest absolute Gasteiger partial charge is 0.204 e. The van der Waals surface area contributed by atoms with Crippen LogP contribution in [-0.4, -0.2) is 14.6 Å². The fraction of sp³-hybridized carbons (Fsp3) is 0.143. The molecular weight excluding hydrogens is 305 g/mol. The van der Waals surface area contributed by atoms with Gasteiger partial charge in [-0.05, 0) is 17.7 Å². The van der Waals surface area contributed by atoms with E-state index in [-0.39, 0.29) is 11.5 Å². The van der Waals surface area contributed by atoms with Crippen molar-refractivity contribution in [3.63, 3.8) is 0 Å². The third-order valence-electron chi connectivity index (χ3n) is 2.64. The van der Waals surface area contributed by atoms with Crippen molar-refractivity contribution in [3.05, 3.63) is 66.0 Å². The molecule has 1 atom stereocenters. The lowest BCUT2D eigenvalue weighted by Gasteiger charge is -2.23. The fourth-order valence-electron chi connectivity index (χ4n) is 1.79. The van der Waals surface area contributed by atoms with Gasteiger partial charge in [0.15, 0.2) is 5.78 Å². The summed E-state index contributed by atoms with van der Waals surface area (Å²) in [5.41, 5.74) is 0.931. The molecule has 0 aliphatic rings. The highest BCUT2D eigenvalue weighted by Crippen LogP contribution is 2.43. The number of rotatable bonds is 3. The van der Waals surface area contributed by atoms with E-state index >= 15 is 0 Å². The SMILES string of the molecule is O=C(c1ccccn1)[C@@H](c1ccccc1)C(Cl)(Cl)Cl. The third kappa shape index (κ3) is 3.47. The van der Waals surface area contributed by atoms with Crippen LogP contribution in [0.5, 0.6) is 0 Å². The number of hydrogen-bond acceptors (Lipinski definition) is 2. The molecule has 0 unspecified atom stereocenters. The standard InChI is InChI=1S/C14H10Cl3NO/c15-14(16,17)12(10-6-2-1-3-7-10)13(19)11-8-4-5-9-18-11/h1-9,12H/t12-/m1/s1. The third-order valence-corrected chi connectivity index (χ3v) is 3.29. The van der Waals surface area contributed by atoms with E-state index in [0.29, 0.717) is 5.56 Å². The van der Waals surface area contributed by atoms with Crippen LogP contribution in [0.2, 0.25) is 0 Å². The number of pyridine rings is 1. The van der Waals surface area contributed by atoms with Crippen molar-refractivity contribution in [1.82, 2.24) is 4.98 Å². The summed E-state index contributed by atoms with van der Waals surface area (Å²) in [5, 5.41) is 0. The van der Waals surface area contributed by atoms with Gasteiger partial charge in [-0.15, -0.1) is 0 Å². The van der Waals surface area contributed by atoms with Crippen molar-refractivity contribution in [2.45, 2.75) is 9.71 Å². The van der Waals surface area contributed by atoms with Crippen molar-refractivity contribution in [3.8, 4) is 0 Å². The number of hydrogen-bond donors (Lipinski definition) is 0. The van der Waals surface area contributed by atoms with Crippen molar-refractivity contribution < 1.29 is 4.79 Å². The maximum absolute atomic E-state index is 12.5. The number of halogens is 3. The minimum absolute atomic E-state index is 0.280. The van der Waals surface area contributed by atoms with E-state index in [1.807, 2.05) is 6.07 Å². The fourth-order valence-corrected chi connectivity index (χ4v) is 2.47. The minimum Gasteiger partial charge on any atom is -0.292 e. The molecule has 1 aromatic carbocycles. The molecule has 2 rings (SSSR count). The van der Waals surface area contributed by atoms with Gasteiger partial charge in [0.05, 0.1) is 5.92 Å². The summed E-state index contributed by atoms with van der Waals surface area (Å²) in [6, 6.07) is 14.0. The molecule has 1 aromatic heterocycles. The van der Waals surface area contributed by atoms with Crippen molar-refractivity contribution in [2.75, 3.05) is 0 Å². The first-order chi connectivity index (χ1) is 9.00. The van der Waals surface area contributed by atoms with E-state index in [2.05, 4.69) is 4.98 Å². The lowest BCUT2D eigenvalue weighted by Crippen LogP contribution is -2.26. The van der Waals surface area contributed by atoms with Gasteiger partial charge in [-0.2, -0.15) is 0 Å². The predicted octanol–water partition coefficient (Wildman–Crippen LogP) is 4.42. The minimum atomic E-state index is -1.73. The second-order valence-electron chi connectivity index (χ2n) is 3.96. The highest BCUT2D eigenvalue weighted by molar-refractivity contribution is 6.69. The molecule has 0 amide bonds. The van der Waals surface area contributed by atoms with Crippen LogP contribution in [0.25, 0.3) is 0 Å². The highest BCUT2D eigenvalue weighted by Gasteiger charge is 2.40. The summed E-state index contributed by atoms with van der Waals surface area (Å²) in [6.07, 6.45) is 1.54. The summed E-state index contributed by atoms with van der Waals surface area (Å²) in [6.45, 7) is 0. The van der Waals surface area contributed by atoms with E-state index in [0.717, 1.165) is 0 Å². The molecule has 0 spiro atoms. The molecule has 2 aromatic rings. The van der Waals surface area contributed by atoms with Gasteiger partial charge >= 0.3 is 0 Å². The maximum Gasteiger partial charge on any atom is 0.204 e. The molecule has 0 N–H and O–H groups in total. The summed E-state index contributed by atoms with van der Waals surface area (Å²) in [4.78, 5) is 16.5. The molecule has 0 saturated carbocycles. The number of aromatic nitrogens is 1. The monoisotopic (exact) mass is 313 g/mol. The van der Waals surface area contributed by atoms with Crippen LogP contribution in [0.15, 0.2) is 54.7 Å². The Morgan fingerprint density at radius 3 is 2.16 bits per heavy atom. The van der Waals surface area contributed by atoms with Crippen molar-refractivity contribution >= 4 is 40.6 Å². The molecule has 0 saturated heterocycles. The van der Waals surface area contributed by atoms with Crippen LogP contribution in [0, 0.1) is 0 Å². The molecule has 0 radical (unpaired) electrons. The largest absolute Gasteiger partial charge is 0.292 e. The molecule has 0 bridgehead atoms. The summed E-state index contributed by atoms with van der Waals surface area (Å²) >= 11 is 17.9. The first-order valence-corrected chi connectivity index (χ1v) is 6.70. The molecule has 19 heavy (non-hydrogen) atoms. The summed E-state index contributed by atoms with van der Waals surface area (Å²) in [5.74, 6) is -1.19. The van der Waals surface area contributed by atoms with Crippen molar-refractivity contribution in [2.24, 2.45) is 0 Å². The predicted molar refractivity (Wildman–Crippen MR) is 78.0 cm³/mol. The van der Waals surface area contributed by atoms with Gasteiger partial charge in [0.2, 0.25) is 3.79 Å². The first-order valence-electron chi connectivity index (χ1n) is 5.57. The molecule has 98 valence electrons. The molecule has 5 heteroatoms. The van der Waals surface area contributed by atoms with Gasteiger partial charge in [0.1, 0.15) is 5.69 Å². The normalized spacial score (nSPS) is 13.0. The van der Waals surface area contributed by atoms with Gasteiger partial charge in [0.25, 0.3) is 0 Å². The Bertz CT molecular complexity index is 552. The number of carbonyl (C=O) groups excluding carboxylic acids is 1. The average molecular weight is 315 g/mol. The molecular formula is C14H10Cl3NO. The molecule has 0 aliphatic heterocycles. The van der Waals surface area contributed by atoms with Gasteiger partial charge in [-0.1, -0.05) is 71.2 Å². The number of alkyl halides is 3. The number of Topliss-reactive ketones (excluding diaryl/α,β-unsaturated/α-hetero) is 1. The van der Waals surface area contributed by atoms with E-state index in [9.17, 15) is 4.79 Å². The molecule has 0 fully saturated rings. The Balaban J connectivity index is 2.43. The summed E-state index contributed by atoms with van der Waals surface area (Å²) < 4.78 is -1.73. The average Bonchev–Trinajstić information content (AvgIpc) is 2.39. The number of benzene rings is 1. The molecule has 1 heterocycles. The van der Waals surface area contributed by atoms with Gasteiger partial charge < -0.3 is 0 Å². The lowest BCUT2D eigenvalue weighted by atomic mass is 9.94. The van der Waals surface area contributed by atoms with Crippen molar-refractivity contribution in [1.29, 1.82) is 0 Å². The van der Waals surface area contributed by atoms with Crippen LogP contribution in [-0.2, 0) is 0 Å². The van der Waals surface area contributed by atoms with Gasteiger partial charge in [0, 0.05) is 6.20 Å². The van der Waals surface area contributed by atoms with E-state index < -0.39 is 9.71 Å². The zero-order chi connectivity index (χ0) is 13.9. The van der Waals surface area contributed by atoms with E-state index in [1.54, 1.807) is 42.5 Å². The van der Waals surface area contributed by atoms with Crippen LogP contribution >= 0.6 is 34.8 Å². The van der Waals surface area contributed by atoms with E-state index in [4.69, 9.17) is 34.8 Å². The topological polar surface area (TPSA) is 30.0 Å². The van der Waals surface area contributed by atoms with E-state index in [1.165, 1.54) is 6.20 Å². The Labute approximate surface area is 126 Å². The Hall–Kier alpha value is -1.09.